The maximum atomic E-state index is 9.60. The third kappa shape index (κ3) is 9.45. The molecule has 0 bridgehead atoms. The molecular formula is C71H67N4OPt-3. The second-order valence-corrected chi connectivity index (χ2v) is 24.8. The van der Waals surface area contributed by atoms with Gasteiger partial charge in [0, 0.05) is 52.7 Å². The van der Waals surface area contributed by atoms with Gasteiger partial charge in [-0.3, -0.25) is 0 Å². The Hall–Kier alpha value is -7.33. The van der Waals surface area contributed by atoms with E-state index in [-0.39, 0.29) is 37.3 Å². The number of benzene rings is 8. The molecule has 0 aliphatic carbocycles. The van der Waals surface area contributed by atoms with Crippen molar-refractivity contribution in [3.63, 3.8) is 0 Å². The Kier molecular flexibility index (Phi) is 12.1. The van der Waals surface area contributed by atoms with Gasteiger partial charge in [-0.2, -0.15) is 12.1 Å². The van der Waals surface area contributed by atoms with Crippen LogP contribution in [0.4, 0.5) is 11.4 Å². The van der Waals surface area contributed by atoms with E-state index >= 15 is 0 Å². The van der Waals surface area contributed by atoms with E-state index in [0.29, 0.717) is 17.1 Å². The first-order valence-electron chi connectivity index (χ1n) is 27.7. The van der Waals surface area contributed by atoms with Crippen LogP contribution >= 0.6 is 0 Å². The fourth-order valence-corrected chi connectivity index (χ4v) is 11.1. The summed E-state index contributed by atoms with van der Waals surface area (Å²) in [7, 11) is 0. The van der Waals surface area contributed by atoms with Crippen molar-refractivity contribution >= 4 is 76.5 Å². The summed E-state index contributed by atoms with van der Waals surface area (Å²) in [5.41, 5.74) is 11.0. The summed E-state index contributed by atoms with van der Waals surface area (Å²) < 4.78 is 30.6. The van der Waals surface area contributed by atoms with Gasteiger partial charge in [0.15, 0.2) is 0 Å². The van der Waals surface area contributed by atoms with Crippen molar-refractivity contribution in [3.8, 4) is 28.4 Å². The van der Waals surface area contributed by atoms with E-state index in [9.17, 15) is 2.74 Å². The summed E-state index contributed by atoms with van der Waals surface area (Å²) in [5.74, 6) is 1.96. The first-order chi connectivity index (χ1) is 37.0. The smallest absolute Gasteiger partial charge is 0.135 e. The number of aromatic nitrogens is 3. The van der Waals surface area contributed by atoms with Crippen LogP contribution in [0.2, 0.25) is 0 Å². The Morgan fingerprint density at radius 1 is 0.519 bits per heavy atom. The van der Waals surface area contributed by atoms with Crippen LogP contribution in [0, 0.1) is 24.2 Å². The third-order valence-electron chi connectivity index (χ3n) is 15.0. The minimum atomic E-state index is -1.62. The van der Waals surface area contributed by atoms with E-state index < -0.39 is 11.8 Å². The third-order valence-corrected chi connectivity index (χ3v) is 15.0. The Morgan fingerprint density at radius 3 is 1.78 bits per heavy atom. The van der Waals surface area contributed by atoms with E-state index in [1.807, 2.05) is 45.2 Å². The molecular weight excluding hydrogens is 1120 g/mol. The molecule has 6 heteroatoms. The van der Waals surface area contributed by atoms with Crippen LogP contribution < -0.4 is 9.64 Å². The number of para-hydroxylation sites is 2. The molecule has 4 heterocycles. The Morgan fingerprint density at radius 2 is 1.12 bits per heavy atom. The molecule has 8 aromatic carbocycles. The molecule has 5 nitrogen and oxygen atoms in total. The van der Waals surface area contributed by atoms with Gasteiger partial charge in [-0.25, -0.2) is 4.98 Å². The number of pyridine rings is 1. The van der Waals surface area contributed by atoms with Crippen molar-refractivity contribution in [3.05, 3.63) is 211 Å². The zero-order valence-electron chi connectivity index (χ0n) is 48.3. The second-order valence-electron chi connectivity index (χ2n) is 24.8. The molecule has 0 spiro atoms. The Labute approximate surface area is 471 Å². The second kappa shape index (κ2) is 19.0. The molecule has 1 aliphatic rings. The van der Waals surface area contributed by atoms with Gasteiger partial charge < -0.3 is 18.8 Å². The van der Waals surface area contributed by atoms with Crippen LogP contribution in [-0.2, 0) is 43.7 Å². The van der Waals surface area contributed by atoms with Crippen LogP contribution in [0.5, 0.6) is 11.5 Å². The van der Waals surface area contributed by atoms with Crippen LogP contribution in [0.1, 0.15) is 108 Å². The maximum absolute atomic E-state index is 9.60. The van der Waals surface area contributed by atoms with E-state index in [2.05, 4.69) is 241 Å². The molecule has 1 aliphatic heterocycles. The zero-order chi connectivity index (χ0) is 54.8. The number of rotatable bonds is 6. The van der Waals surface area contributed by atoms with E-state index in [1.165, 1.54) is 11.1 Å². The van der Waals surface area contributed by atoms with Crippen LogP contribution in [0.25, 0.3) is 82.1 Å². The maximum Gasteiger partial charge on any atom is 0.135 e. The van der Waals surface area contributed by atoms with Crippen molar-refractivity contribution in [2.24, 2.45) is 5.41 Å². The average Bonchev–Trinajstić information content (AvgIpc) is 3.86. The van der Waals surface area contributed by atoms with Gasteiger partial charge in [0.05, 0.1) is 0 Å². The Bertz CT molecular complexity index is 4310. The van der Waals surface area contributed by atoms with Gasteiger partial charge in [0.2, 0.25) is 0 Å². The first-order valence-corrected chi connectivity index (χ1v) is 26.7. The Balaban J connectivity index is 0.00000660. The molecule has 390 valence electrons. The zero-order valence-corrected chi connectivity index (χ0v) is 48.5. The molecule has 0 amide bonds. The molecule has 0 saturated heterocycles. The van der Waals surface area contributed by atoms with Crippen LogP contribution in [0.15, 0.2) is 170 Å². The van der Waals surface area contributed by atoms with Crippen molar-refractivity contribution in [1.29, 1.82) is 0 Å². The number of nitrogens with zero attached hydrogens (tertiary/aromatic N) is 4. The molecule has 0 fully saturated rings. The fraction of sp³-hybridized carbons (Fsp3) is 0.239. The standard InChI is InChI=1S/C71H67N4O.Pt/c1-68(2,3)43-45-36-46(38-49(37-45)71(10,11)12)53-26-18-27-59-56-24-15-13-22-54(56)55-23-14-16-25-57(55)60-28-19-29-63-67(60)74(66(53)59)44-73(63)50-20-17-21-51(41-50)76-52-31-32-58-61-39-47(69(4,5)6)30-33-62(61)75(64(58)42-52)65-40-48(34-35-72-65)70(7,8)9;/h13-40,44H,43H2,1-12H3;/q-3;/i43D2;. The molecule has 0 atom stereocenters. The quantitative estimate of drug-likeness (QED) is 0.156. The van der Waals surface area contributed by atoms with Crippen molar-refractivity contribution in [2.45, 2.75) is 106 Å². The first kappa shape index (κ1) is 49.3. The molecule has 3 aromatic heterocycles. The normalized spacial score (nSPS) is 13.5. The van der Waals surface area contributed by atoms with Gasteiger partial charge in [0.25, 0.3) is 0 Å². The number of fused-ring (bicyclic) bond motifs is 10. The van der Waals surface area contributed by atoms with Crippen molar-refractivity contribution in [2.75, 3.05) is 4.90 Å². The SMILES string of the molecule is [2H]C([2H])(c1cc(-c2cccc3c4ccccc4c4ccccc4c4cccc5c4n(c23)[CH-]N5c2[c-]c(Oc3[c-]c4c(cc3)c3cc(C(C)(C)C)ccc3n4-c3cc(C(C)(C)C)ccn3)ccc2)cc(C(C)(C)C)c1)C(C)(C)C.[Pt]. The van der Waals surface area contributed by atoms with Gasteiger partial charge in [-0.15, -0.1) is 35.7 Å². The number of anilines is 2. The largest absolute Gasteiger partial charge is 0.509 e. The van der Waals surface area contributed by atoms with Crippen molar-refractivity contribution < 1.29 is 28.5 Å². The van der Waals surface area contributed by atoms with Crippen LogP contribution in [-0.4, -0.2) is 14.1 Å². The predicted octanol–water partition coefficient (Wildman–Crippen LogP) is 19.4. The average molecular weight is 1190 g/mol. The summed E-state index contributed by atoms with van der Waals surface area (Å²) in [6.45, 7) is 28.3. The number of hydrogen-bond acceptors (Lipinski definition) is 3. The van der Waals surface area contributed by atoms with Gasteiger partial charge in [0.1, 0.15) is 5.82 Å². The molecule has 0 unspecified atom stereocenters. The molecule has 0 saturated carbocycles. The summed E-state index contributed by atoms with van der Waals surface area (Å²) in [4.78, 5) is 7.18. The van der Waals surface area contributed by atoms with E-state index in [4.69, 9.17) is 9.72 Å². The molecule has 11 aromatic rings. The molecule has 12 rings (SSSR count). The number of ether oxygens (including phenoxy) is 1. The van der Waals surface area contributed by atoms with E-state index in [0.717, 1.165) is 99.0 Å². The van der Waals surface area contributed by atoms with Crippen LogP contribution in [0.3, 0.4) is 0 Å². The summed E-state index contributed by atoms with van der Waals surface area (Å²) in [6.07, 6.45) is 0.290. The monoisotopic (exact) mass is 1190 g/mol. The summed E-state index contributed by atoms with van der Waals surface area (Å²) >= 11 is 0. The minimum Gasteiger partial charge on any atom is -0.509 e. The van der Waals surface area contributed by atoms with Gasteiger partial charge >= 0.3 is 0 Å². The number of hydrogen-bond donors (Lipinski definition) is 0. The molecule has 0 radical (unpaired) electrons. The van der Waals surface area contributed by atoms with Gasteiger partial charge in [-0.1, -0.05) is 203 Å². The summed E-state index contributed by atoms with van der Waals surface area (Å²) in [5, 5.41) is 8.92. The molecule has 77 heavy (non-hydrogen) atoms. The fourth-order valence-electron chi connectivity index (χ4n) is 11.1. The molecule has 0 N–H and O–H groups in total. The predicted molar refractivity (Wildman–Crippen MR) is 321 cm³/mol. The van der Waals surface area contributed by atoms with Crippen molar-refractivity contribution in [1.82, 2.24) is 14.1 Å². The summed E-state index contributed by atoms with van der Waals surface area (Å²) in [6, 6.07) is 65.9. The van der Waals surface area contributed by atoms with E-state index in [1.54, 1.807) is 0 Å². The topological polar surface area (TPSA) is 35.2 Å². The minimum absolute atomic E-state index is 0. The van der Waals surface area contributed by atoms with Gasteiger partial charge in [-0.05, 0) is 141 Å².